The molecule has 0 radical (unpaired) electrons. The molecule has 0 fully saturated rings. The van der Waals surface area contributed by atoms with Gasteiger partial charge in [0.15, 0.2) is 0 Å². The lowest BCUT2D eigenvalue weighted by Gasteiger charge is -2.09. The maximum absolute atomic E-state index is 10.8. The van der Waals surface area contributed by atoms with Gasteiger partial charge in [0.05, 0.1) is 6.10 Å². The van der Waals surface area contributed by atoms with Crippen LogP contribution in [0.2, 0.25) is 0 Å². The van der Waals surface area contributed by atoms with E-state index in [-0.39, 0.29) is 12.1 Å². The molecule has 0 spiro atoms. The van der Waals surface area contributed by atoms with Crippen LogP contribution in [0, 0.1) is 0 Å². The van der Waals surface area contributed by atoms with Crippen LogP contribution in [0.4, 0.5) is 0 Å². The molecule has 0 saturated carbocycles. The van der Waals surface area contributed by atoms with E-state index in [4.69, 9.17) is 4.74 Å². The van der Waals surface area contributed by atoms with Gasteiger partial charge in [-0.15, -0.1) is 0 Å². The molecule has 10 heavy (non-hydrogen) atoms. The smallest absolute Gasteiger partial charge is 0.333 e. The number of ether oxygens (including phenoxy) is 1. The van der Waals surface area contributed by atoms with Crippen molar-refractivity contribution in [2.45, 2.75) is 33.3 Å². The fraction of sp³-hybridized carbons (Fsp3) is 0.625. The lowest BCUT2D eigenvalue weighted by molar-refractivity contribution is -0.143. The first-order valence-electron chi connectivity index (χ1n) is 3.44. The summed E-state index contributed by atoms with van der Waals surface area (Å²) in [6, 6.07) is 0. The van der Waals surface area contributed by atoms with Gasteiger partial charge in [0.25, 0.3) is 0 Å². The monoisotopic (exact) mass is 142 g/mol. The summed E-state index contributed by atoms with van der Waals surface area (Å²) >= 11 is 0. The molecule has 0 heterocycles. The standard InChI is InChI=1S/C8H14O2/c1-5-7(4)10-8(9)6(2)3/h7H,2,5H2,1,3-4H3. The summed E-state index contributed by atoms with van der Waals surface area (Å²) in [5.74, 6) is -0.297. The molecular weight excluding hydrogens is 128 g/mol. The molecule has 0 aromatic carbocycles. The van der Waals surface area contributed by atoms with Crippen molar-refractivity contribution in [2.75, 3.05) is 0 Å². The summed E-state index contributed by atoms with van der Waals surface area (Å²) in [4.78, 5) is 10.8. The first-order chi connectivity index (χ1) is 4.57. The average molecular weight is 142 g/mol. The van der Waals surface area contributed by atoms with Crippen molar-refractivity contribution in [1.29, 1.82) is 0 Å². The van der Waals surface area contributed by atoms with E-state index in [9.17, 15) is 4.79 Å². The van der Waals surface area contributed by atoms with Gasteiger partial charge < -0.3 is 4.74 Å². The molecular formula is C8H14O2. The zero-order valence-electron chi connectivity index (χ0n) is 6.81. The van der Waals surface area contributed by atoms with E-state index in [1.165, 1.54) is 0 Å². The van der Waals surface area contributed by atoms with Gasteiger partial charge in [-0.1, -0.05) is 13.5 Å². The van der Waals surface area contributed by atoms with Crippen molar-refractivity contribution in [1.82, 2.24) is 0 Å². The van der Waals surface area contributed by atoms with E-state index in [0.717, 1.165) is 6.42 Å². The highest BCUT2D eigenvalue weighted by atomic mass is 16.5. The summed E-state index contributed by atoms with van der Waals surface area (Å²) in [6.07, 6.45) is 0.850. The number of carbonyl (C=O) groups excluding carboxylic acids is 1. The number of carbonyl (C=O) groups is 1. The fourth-order valence-corrected chi connectivity index (χ4v) is 0.367. The van der Waals surface area contributed by atoms with Gasteiger partial charge in [-0.2, -0.15) is 0 Å². The molecule has 0 aliphatic carbocycles. The molecule has 0 aromatic rings. The van der Waals surface area contributed by atoms with Gasteiger partial charge >= 0.3 is 5.97 Å². The molecule has 0 amide bonds. The lowest BCUT2D eigenvalue weighted by Crippen LogP contribution is -2.13. The van der Waals surface area contributed by atoms with Crippen LogP contribution in [0.1, 0.15) is 27.2 Å². The summed E-state index contributed by atoms with van der Waals surface area (Å²) in [5, 5.41) is 0. The minimum Gasteiger partial charge on any atom is -0.459 e. The Morgan fingerprint density at radius 1 is 1.70 bits per heavy atom. The zero-order chi connectivity index (χ0) is 8.15. The third-order valence-electron chi connectivity index (χ3n) is 1.23. The molecule has 1 unspecified atom stereocenters. The van der Waals surface area contributed by atoms with Crippen LogP contribution in [0.5, 0.6) is 0 Å². The predicted molar refractivity (Wildman–Crippen MR) is 40.7 cm³/mol. The molecule has 0 rings (SSSR count). The summed E-state index contributed by atoms with van der Waals surface area (Å²) in [7, 11) is 0. The molecule has 0 aliphatic rings. The Kier molecular flexibility index (Phi) is 3.77. The Morgan fingerprint density at radius 2 is 2.20 bits per heavy atom. The molecule has 0 aromatic heterocycles. The molecule has 58 valence electrons. The highest BCUT2D eigenvalue weighted by Crippen LogP contribution is 2.00. The topological polar surface area (TPSA) is 26.3 Å². The van der Waals surface area contributed by atoms with Crippen LogP contribution in [0.25, 0.3) is 0 Å². The minimum absolute atomic E-state index is 0.00389. The van der Waals surface area contributed by atoms with Crippen molar-refractivity contribution in [3.8, 4) is 0 Å². The normalized spacial score (nSPS) is 12.3. The first-order valence-corrected chi connectivity index (χ1v) is 3.44. The van der Waals surface area contributed by atoms with E-state index in [2.05, 4.69) is 6.58 Å². The van der Waals surface area contributed by atoms with Gasteiger partial charge in [-0.3, -0.25) is 0 Å². The predicted octanol–water partition coefficient (Wildman–Crippen LogP) is 1.90. The molecule has 0 N–H and O–H groups in total. The second kappa shape index (κ2) is 4.09. The van der Waals surface area contributed by atoms with Gasteiger partial charge in [-0.25, -0.2) is 4.79 Å². The quantitative estimate of drug-likeness (QED) is 0.444. The van der Waals surface area contributed by atoms with Gasteiger partial charge in [-0.05, 0) is 20.3 Å². The van der Waals surface area contributed by atoms with E-state index in [1.54, 1.807) is 6.92 Å². The Labute approximate surface area is 61.9 Å². The van der Waals surface area contributed by atoms with Crippen molar-refractivity contribution in [2.24, 2.45) is 0 Å². The average Bonchev–Trinajstić information content (AvgIpc) is 1.87. The number of rotatable bonds is 3. The molecule has 2 nitrogen and oxygen atoms in total. The molecule has 0 saturated heterocycles. The summed E-state index contributed by atoms with van der Waals surface area (Å²) in [6.45, 7) is 8.94. The third kappa shape index (κ3) is 3.28. The molecule has 0 aliphatic heterocycles. The first kappa shape index (κ1) is 9.21. The number of hydrogen-bond acceptors (Lipinski definition) is 2. The van der Waals surface area contributed by atoms with Crippen LogP contribution in [0.15, 0.2) is 12.2 Å². The largest absolute Gasteiger partial charge is 0.459 e. The fourth-order valence-electron chi connectivity index (χ4n) is 0.367. The zero-order valence-corrected chi connectivity index (χ0v) is 6.81. The van der Waals surface area contributed by atoms with Gasteiger partial charge in [0.1, 0.15) is 0 Å². The van der Waals surface area contributed by atoms with Crippen LogP contribution < -0.4 is 0 Å². The second-order valence-electron chi connectivity index (χ2n) is 2.40. The van der Waals surface area contributed by atoms with E-state index < -0.39 is 0 Å². The van der Waals surface area contributed by atoms with E-state index >= 15 is 0 Å². The molecule has 2 heteroatoms. The number of hydrogen-bond donors (Lipinski definition) is 0. The van der Waals surface area contributed by atoms with Crippen molar-refractivity contribution in [3.63, 3.8) is 0 Å². The maximum atomic E-state index is 10.8. The van der Waals surface area contributed by atoms with Crippen molar-refractivity contribution >= 4 is 5.97 Å². The Hall–Kier alpha value is -0.790. The maximum Gasteiger partial charge on any atom is 0.333 e. The third-order valence-corrected chi connectivity index (χ3v) is 1.23. The molecule has 1 atom stereocenters. The summed E-state index contributed by atoms with van der Waals surface area (Å²) in [5.41, 5.74) is 0.459. The van der Waals surface area contributed by atoms with Crippen molar-refractivity contribution in [3.05, 3.63) is 12.2 Å². The van der Waals surface area contributed by atoms with Crippen molar-refractivity contribution < 1.29 is 9.53 Å². The van der Waals surface area contributed by atoms with Gasteiger partial charge in [0, 0.05) is 5.57 Å². The SMILES string of the molecule is C=C(C)C(=O)OC(C)CC. The number of esters is 1. The minimum atomic E-state index is -0.297. The van der Waals surface area contributed by atoms with Gasteiger partial charge in [0.2, 0.25) is 0 Å². The molecule has 0 bridgehead atoms. The Morgan fingerprint density at radius 3 is 2.50 bits per heavy atom. The highest BCUT2D eigenvalue weighted by molar-refractivity contribution is 5.87. The van der Waals surface area contributed by atoms with Crippen LogP contribution >= 0.6 is 0 Å². The summed E-state index contributed by atoms with van der Waals surface area (Å²) < 4.78 is 4.92. The van der Waals surface area contributed by atoms with Crippen LogP contribution in [0.3, 0.4) is 0 Å². The Balaban J connectivity index is 3.68. The van der Waals surface area contributed by atoms with Crippen LogP contribution in [-0.2, 0) is 9.53 Å². The van der Waals surface area contributed by atoms with E-state index in [1.807, 2.05) is 13.8 Å². The Bertz CT molecular complexity index is 138. The van der Waals surface area contributed by atoms with Crippen LogP contribution in [-0.4, -0.2) is 12.1 Å². The lowest BCUT2D eigenvalue weighted by atomic mass is 10.3. The van der Waals surface area contributed by atoms with E-state index in [0.29, 0.717) is 5.57 Å². The highest BCUT2D eigenvalue weighted by Gasteiger charge is 2.06. The second-order valence-corrected chi connectivity index (χ2v) is 2.40.